The van der Waals surface area contributed by atoms with Crippen molar-refractivity contribution in [3.05, 3.63) is 72.4 Å². The number of anilines is 3. The molecule has 0 amide bonds. The zero-order valence-electron chi connectivity index (χ0n) is 17.8. The highest BCUT2D eigenvalue weighted by Crippen LogP contribution is 2.25. The molecule has 4 aromatic rings. The summed E-state index contributed by atoms with van der Waals surface area (Å²) in [5, 5.41) is 20.2. The first-order valence-corrected chi connectivity index (χ1v) is 10.0. The largest absolute Gasteiger partial charge is 0.383 e. The lowest BCUT2D eigenvalue weighted by molar-refractivity contribution is 0.211. The lowest BCUT2D eigenvalue weighted by Gasteiger charge is -2.10. The van der Waals surface area contributed by atoms with Gasteiger partial charge in [0.1, 0.15) is 12.2 Å². The third-order valence-corrected chi connectivity index (χ3v) is 4.64. The van der Waals surface area contributed by atoms with Crippen molar-refractivity contribution in [3.8, 4) is 23.0 Å². The van der Waals surface area contributed by atoms with E-state index in [9.17, 15) is 5.26 Å². The number of nitriles is 1. The third kappa shape index (κ3) is 5.06. The van der Waals surface area contributed by atoms with Gasteiger partial charge in [-0.3, -0.25) is 0 Å². The van der Waals surface area contributed by atoms with Crippen molar-refractivity contribution in [2.45, 2.75) is 6.92 Å². The lowest BCUT2D eigenvalue weighted by atomic mass is 10.1. The molecule has 4 rings (SSSR count). The topological polar surface area (TPSA) is 114 Å². The smallest absolute Gasteiger partial charge is 0.227 e. The molecular weight excluding hydrogens is 404 g/mol. The van der Waals surface area contributed by atoms with Crippen LogP contribution >= 0.6 is 0 Å². The SMILES string of the molecule is COCCNc1cc(C#N)cc(-c2ccnc(Nc3ccc(-n4cnc(C)n4)cc3)n2)c1. The van der Waals surface area contributed by atoms with Gasteiger partial charge in [0.05, 0.1) is 29.6 Å². The summed E-state index contributed by atoms with van der Waals surface area (Å²) in [6, 6.07) is 17.3. The van der Waals surface area contributed by atoms with Crippen molar-refractivity contribution in [2.75, 3.05) is 30.9 Å². The van der Waals surface area contributed by atoms with Gasteiger partial charge in [-0.2, -0.15) is 10.4 Å². The number of nitrogens with zero attached hydrogens (tertiary/aromatic N) is 6. The van der Waals surface area contributed by atoms with Crippen LogP contribution < -0.4 is 10.6 Å². The van der Waals surface area contributed by atoms with Crippen LogP contribution in [0.15, 0.2) is 61.1 Å². The van der Waals surface area contributed by atoms with Crippen molar-refractivity contribution >= 4 is 17.3 Å². The first-order chi connectivity index (χ1) is 15.6. The van der Waals surface area contributed by atoms with Crippen LogP contribution in [0.4, 0.5) is 17.3 Å². The maximum absolute atomic E-state index is 9.40. The molecule has 160 valence electrons. The summed E-state index contributed by atoms with van der Waals surface area (Å²) >= 11 is 0. The molecule has 0 saturated carbocycles. The quantitative estimate of drug-likeness (QED) is 0.410. The fourth-order valence-electron chi connectivity index (χ4n) is 3.12. The molecular formula is C23H22N8O. The van der Waals surface area contributed by atoms with Crippen molar-refractivity contribution < 1.29 is 4.74 Å². The van der Waals surface area contributed by atoms with Crippen LogP contribution in [0.1, 0.15) is 11.4 Å². The molecule has 0 aliphatic heterocycles. The minimum absolute atomic E-state index is 0.461. The monoisotopic (exact) mass is 426 g/mol. The molecule has 0 atom stereocenters. The maximum Gasteiger partial charge on any atom is 0.227 e. The molecule has 0 aliphatic carbocycles. The summed E-state index contributed by atoms with van der Waals surface area (Å²) < 4.78 is 6.80. The van der Waals surface area contributed by atoms with Gasteiger partial charge in [0.15, 0.2) is 0 Å². The van der Waals surface area contributed by atoms with E-state index in [1.807, 2.05) is 49.4 Å². The third-order valence-electron chi connectivity index (χ3n) is 4.64. The van der Waals surface area contributed by atoms with E-state index in [0.717, 1.165) is 28.5 Å². The zero-order chi connectivity index (χ0) is 22.3. The van der Waals surface area contributed by atoms with Gasteiger partial charge in [0.2, 0.25) is 5.95 Å². The van der Waals surface area contributed by atoms with Crippen LogP contribution in [0.3, 0.4) is 0 Å². The van der Waals surface area contributed by atoms with E-state index in [4.69, 9.17) is 4.74 Å². The maximum atomic E-state index is 9.40. The normalized spacial score (nSPS) is 10.5. The van der Waals surface area contributed by atoms with Gasteiger partial charge in [0.25, 0.3) is 0 Å². The zero-order valence-corrected chi connectivity index (χ0v) is 17.8. The van der Waals surface area contributed by atoms with Crippen LogP contribution in [0.5, 0.6) is 0 Å². The van der Waals surface area contributed by atoms with Crippen LogP contribution in [0.25, 0.3) is 16.9 Å². The number of aryl methyl sites for hydroxylation is 1. The van der Waals surface area contributed by atoms with E-state index < -0.39 is 0 Å². The minimum atomic E-state index is 0.461. The summed E-state index contributed by atoms with van der Waals surface area (Å²) in [6.07, 6.45) is 3.37. The van der Waals surface area contributed by atoms with Gasteiger partial charge in [-0.15, -0.1) is 0 Å². The molecule has 0 aliphatic rings. The molecule has 2 heterocycles. The Morgan fingerprint density at radius 1 is 1.06 bits per heavy atom. The van der Waals surface area contributed by atoms with Gasteiger partial charge in [0, 0.05) is 36.8 Å². The molecule has 0 radical (unpaired) electrons. The Morgan fingerprint density at radius 2 is 1.91 bits per heavy atom. The second-order valence-electron chi connectivity index (χ2n) is 7.00. The van der Waals surface area contributed by atoms with E-state index in [0.29, 0.717) is 30.4 Å². The second-order valence-corrected chi connectivity index (χ2v) is 7.00. The number of methoxy groups -OCH3 is 1. The number of ether oxygens (including phenoxy) is 1. The Balaban J connectivity index is 1.53. The van der Waals surface area contributed by atoms with Crippen LogP contribution in [-0.4, -0.2) is 45.0 Å². The Hall–Kier alpha value is -4.29. The molecule has 2 N–H and O–H groups in total. The van der Waals surface area contributed by atoms with Gasteiger partial charge >= 0.3 is 0 Å². The number of nitrogens with one attached hydrogen (secondary N) is 2. The first-order valence-electron chi connectivity index (χ1n) is 10.0. The summed E-state index contributed by atoms with van der Waals surface area (Å²) in [5.41, 5.74) is 4.68. The van der Waals surface area contributed by atoms with Crippen LogP contribution in [-0.2, 0) is 4.74 Å². The van der Waals surface area contributed by atoms with Crippen LogP contribution in [0, 0.1) is 18.3 Å². The predicted octanol–water partition coefficient (Wildman–Crippen LogP) is 3.71. The van der Waals surface area contributed by atoms with Gasteiger partial charge in [-0.1, -0.05) is 0 Å². The van der Waals surface area contributed by atoms with Crippen LogP contribution in [0.2, 0.25) is 0 Å². The summed E-state index contributed by atoms with van der Waals surface area (Å²) in [7, 11) is 1.65. The number of hydrogen-bond donors (Lipinski definition) is 2. The summed E-state index contributed by atoms with van der Waals surface area (Å²) in [4.78, 5) is 13.1. The average molecular weight is 426 g/mol. The Labute approximate surface area is 185 Å². The molecule has 0 bridgehead atoms. The number of benzene rings is 2. The fourth-order valence-corrected chi connectivity index (χ4v) is 3.12. The van der Waals surface area contributed by atoms with Crippen molar-refractivity contribution in [3.63, 3.8) is 0 Å². The highest BCUT2D eigenvalue weighted by atomic mass is 16.5. The van der Waals surface area contributed by atoms with E-state index in [1.54, 1.807) is 30.4 Å². The number of hydrogen-bond acceptors (Lipinski definition) is 8. The fraction of sp³-hybridized carbons (Fsp3) is 0.174. The van der Waals surface area contributed by atoms with Crippen molar-refractivity contribution in [2.24, 2.45) is 0 Å². The lowest BCUT2D eigenvalue weighted by Crippen LogP contribution is -2.07. The summed E-state index contributed by atoms with van der Waals surface area (Å²) in [6.45, 7) is 3.07. The molecule has 9 nitrogen and oxygen atoms in total. The molecule has 0 fully saturated rings. The Bertz CT molecular complexity index is 1240. The molecule has 0 saturated heterocycles. The molecule has 2 aromatic carbocycles. The first kappa shape index (κ1) is 21.0. The highest BCUT2D eigenvalue weighted by Gasteiger charge is 2.07. The molecule has 0 unspecified atom stereocenters. The Kier molecular flexibility index (Phi) is 6.34. The van der Waals surface area contributed by atoms with Gasteiger partial charge < -0.3 is 15.4 Å². The highest BCUT2D eigenvalue weighted by molar-refractivity contribution is 5.69. The number of aromatic nitrogens is 5. The molecule has 9 heteroatoms. The van der Waals surface area contributed by atoms with Crippen molar-refractivity contribution in [1.29, 1.82) is 5.26 Å². The molecule has 32 heavy (non-hydrogen) atoms. The van der Waals surface area contributed by atoms with Gasteiger partial charge in [-0.25, -0.2) is 19.6 Å². The molecule has 2 aromatic heterocycles. The average Bonchev–Trinajstić information content (AvgIpc) is 3.26. The van der Waals surface area contributed by atoms with E-state index in [-0.39, 0.29) is 0 Å². The van der Waals surface area contributed by atoms with E-state index in [1.165, 1.54) is 0 Å². The standard InChI is InChI=1S/C23H22N8O/c1-16-27-15-31(30-16)21-5-3-19(4-6-21)28-23-26-8-7-22(29-23)18-11-17(14-24)12-20(13-18)25-9-10-32-2/h3-8,11-13,15,25H,9-10H2,1-2H3,(H,26,28,29). The van der Waals surface area contributed by atoms with Crippen molar-refractivity contribution in [1.82, 2.24) is 24.7 Å². The van der Waals surface area contributed by atoms with E-state index >= 15 is 0 Å². The predicted molar refractivity (Wildman–Crippen MR) is 122 cm³/mol. The van der Waals surface area contributed by atoms with Gasteiger partial charge in [-0.05, 0) is 55.5 Å². The Morgan fingerprint density at radius 3 is 2.62 bits per heavy atom. The number of rotatable bonds is 8. The summed E-state index contributed by atoms with van der Waals surface area (Å²) in [5.74, 6) is 1.18. The second kappa shape index (κ2) is 9.68. The van der Waals surface area contributed by atoms with E-state index in [2.05, 4.69) is 36.8 Å². The minimum Gasteiger partial charge on any atom is -0.383 e. The molecule has 0 spiro atoms.